The van der Waals surface area contributed by atoms with Gasteiger partial charge >= 0.3 is 0 Å². The summed E-state index contributed by atoms with van der Waals surface area (Å²) >= 11 is 0. The molecular weight excluding hydrogens is 262 g/mol. The van der Waals surface area contributed by atoms with E-state index in [2.05, 4.69) is 11.9 Å². The average Bonchev–Trinajstić information content (AvgIpc) is 2.45. The zero-order chi connectivity index (χ0) is 15.2. The smallest absolute Gasteiger partial charge is 0.255 e. The van der Waals surface area contributed by atoms with E-state index in [1.165, 1.54) is 0 Å². The molecule has 2 rings (SSSR count). The van der Waals surface area contributed by atoms with Crippen LogP contribution in [0.5, 0.6) is 5.75 Å². The van der Waals surface area contributed by atoms with Crippen molar-refractivity contribution in [2.75, 3.05) is 11.9 Å². The highest BCUT2D eigenvalue weighted by atomic mass is 16.5. The highest BCUT2D eigenvalue weighted by Crippen LogP contribution is 2.19. The van der Waals surface area contributed by atoms with Gasteiger partial charge in [-0.1, -0.05) is 36.4 Å². The van der Waals surface area contributed by atoms with Gasteiger partial charge in [0.1, 0.15) is 12.4 Å². The van der Waals surface area contributed by atoms with Crippen LogP contribution in [0.4, 0.5) is 5.69 Å². The van der Waals surface area contributed by atoms with E-state index < -0.39 is 0 Å². The molecule has 0 aliphatic carbocycles. The fourth-order valence-corrected chi connectivity index (χ4v) is 2.09. The van der Waals surface area contributed by atoms with E-state index in [-0.39, 0.29) is 5.91 Å². The molecule has 0 bridgehead atoms. The number of nitrogens with one attached hydrogen (secondary N) is 1. The molecule has 0 aromatic heterocycles. The molecule has 0 aliphatic rings. The molecule has 1 N–H and O–H groups in total. The summed E-state index contributed by atoms with van der Waals surface area (Å²) in [5, 5.41) is 2.89. The van der Waals surface area contributed by atoms with Gasteiger partial charge in [-0.2, -0.15) is 0 Å². The van der Waals surface area contributed by atoms with Gasteiger partial charge in [0, 0.05) is 17.3 Å². The summed E-state index contributed by atoms with van der Waals surface area (Å²) in [6.07, 6.45) is 1.68. The number of aryl methyl sites for hydroxylation is 2. The van der Waals surface area contributed by atoms with Gasteiger partial charge in [-0.25, -0.2) is 0 Å². The zero-order valence-electron chi connectivity index (χ0n) is 12.3. The van der Waals surface area contributed by atoms with Crippen molar-refractivity contribution in [3.05, 3.63) is 71.8 Å². The van der Waals surface area contributed by atoms with Crippen LogP contribution in [0, 0.1) is 13.8 Å². The van der Waals surface area contributed by atoms with Crippen molar-refractivity contribution in [2.24, 2.45) is 0 Å². The first-order chi connectivity index (χ1) is 10.1. The number of hydrogen-bond donors (Lipinski definition) is 1. The summed E-state index contributed by atoms with van der Waals surface area (Å²) in [5.74, 6) is 0.585. The minimum Gasteiger partial charge on any atom is -0.489 e. The molecule has 108 valence electrons. The van der Waals surface area contributed by atoms with Crippen LogP contribution in [-0.2, 0) is 0 Å². The molecule has 0 saturated heterocycles. The summed E-state index contributed by atoms with van der Waals surface area (Å²) in [7, 11) is 0. The molecule has 0 heterocycles. The summed E-state index contributed by atoms with van der Waals surface area (Å²) in [5.41, 5.74) is 3.50. The normalized spacial score (nSPS) is 10.0. The lowest BCUT2D eigenvalue weighted by atomic mass is 10.1. The van der Waals surface area contributed by atoms with Crippen molar-refractivity contribution in [3.63, 3.8) is 0 Å². The first-order valence-electron chi connectivity index (χ1n) is 6.82. The monoisotopic (exact) mass is 281 g/mol. The van der Waals surface area contributed by atoms with Crippen molar-refractivity contribution < 1.29 is 9.53 Å². The Hall–Kier alpha value is -2.55. The Bertz CT molecular complexity index is 662. The Morgan fingerprint density at radius 1 is 1.24 bits per heavy atom. The molecule has 2 aromatic rings. The molecule has 1 amide bonds. The molecule has 0 fully saturated rings. The van der Waals surface area contributed by atoms with E-state index in [4.69, 9.17) is 4.74 Å². The van der Waals surface area contributed by atoms with Crippen molar-refractivity contribution in [1.82, 2.24) is 0 Å². The number of carbonyl (C=O) groups excluding carboxylic acids is 1. The van der Waals surface area contributed by atoms with Gasteiger partial charge < -0.3 is 10.1 Å². The number of anilines is 1. The average molecular weight is 281 g/mol. The third kappa shape index (κ3) is 3.96. The van der Waals surface area contributed by atoms with Crippen molar-refractivity contribution in [1.29, 1.82) is 0 Å². The SMILES string of the molecule is C=CCOc1cccc(NC(=O)c2ccc(C)cc2C)c1. The van der Waals surface area contributed by atoms with E-state index in [0.29, 0.717) is 23.6 Å². The van der Waals surface area contributed by atoms with Crippen LogP contribution in [-0.4, -0.2) is 12.5 Å². The third-order valence-corrected chi connectivity index (χ3v) is 3.09. The third-order valence-electron chi connectivity index (χ3n) is 3.09. The number of amides is 1. The standard InChI is InChI=1S/C18H19NO2/c1-4-10-21-16-7-5-6-15(12-16)19-18(20)17-9-8-13(2)11-14(17)3/h4-9,11-12H,1,10H2,2-3H3,(H,19,20). The molecule has 21 heavy (non-hydrogen) atoms. The molecular formula is C18H19NO2. The Labute approximate surface area is 125 Å². The number of ether oxygens (including phenoxy) is 1. The molecule has 0 aliphatic heterocycles. The van der Waals surface area contributed by atoms with E-state index >= 15 is 0 Å². The fourth-order valence-electron chi connectivity index (χ4n) is 2.09. The maximum absolute atomic E-state index is 12.3. The van der Waals surface area contributed by atoms with E-state index in [1.54, 1.807) is 12.1 Å². The molecule has 0 radical (unpaired) electrons. The Morgan fingerprint density at radius 2 is 2.05 bits per heavy atom. The quantitative estimate of drug-likeness (QED) is 0.837. The first kappa shape index (κ1) is 14.9. The van der Waals surface area contributed by atoms with Crippen LogP contribution < -0.4 is 10.1 Å². The summed E-state index contributed by atoms with van der Waals surface area (Å²) in [6.45, 7) is 7.99. The van der Waals surface area contributed by atoms with Gasteiger partial charge in [0.05, 0.1) is 0 Å². The van der Waals surface area contributed by atoms with Crippen LogP contribution in [0.2, 0.25) is 0 Å². The van der Waals surface area contributed by atoms with Gasteiger partial charge in [0.2, 0.25) is 0 Å². The Balaban J connectivity index is 2.13. The van der Waals surface area contributed by atoms with Crippen molar-refractivity contribution in [2.45, 2.75) is 13.8 Å². The maximum Gasteiger partial charge on any atom is 0.255 e. The summed E-state index contributed by atoms with van der Waals surface area (Å²) in [6, 6.07) is 13.1. The molecule has 3 nitrogen and oxygen atoms in total. The van der Waals surface area contributed by atoms with Crippen LogP contribution >= 0.6 is 0 Å². The van der Waals surface area contributed by atoms with Crippen LogP contribution in [0.3, 0.4) is 0 Å². The number of benzene rings is 2. The molecule has 0 spiro atoms. The minimum absolute atomic E-state index is 0.117. The lowest BCUT2D eigenvalue weighted by molar-refractivity contribution is 0.102. The molecule has 0 saturated carbocycles. The van der Waals surface area contributed by atoms with E-state index in [9.17, 15) is 4.79 Å². The van der Waals surface area contributed by atoms with Crippen molar-refractivity contribution in [3.8, 4) is 5.75 Å². The second-order valence-corrected chi connectivity index (χ2v) is 4.90. The van der Waals surface area contributed by atoms with Gasteiger partial charge in [-0.3, -0.25) is 4.79 Å². The van der Waals surface area contributed by atoms with Crippen LogP contribution in [0.15, 0.2) is 55.1 Å². The van der Waals surface area contributed by atoms with Gasteiger partial charge in [0.25, 0.3) is 5.91 Å². The topological polar surface area (TPSA) is 38.3 Å². The highest BCUT2D eigenvalue weighted by Gasteiger charge is 2.09. The molecule has 0 atom stereocenters. The van der Waals surface area contributed by atoms with Gasteiger partial charge in [-0.15, -0.1) is 0 Å². The summed E-state index contributed by atoms with van der Waals surface area (Å²) in [4.78, 5) is 12.3. The lowest BCUT2D eigenvalue weighted by Gasteiger charge is -2.10. The van der Waals surface area contributed by atoms with E-state index in [0.717, 1.165) is 11.1 Å². The lowest BCUT2D eigenvalue weighted by Crippen LogP contribution is -2.13. The fraction of sp³-hybridized carbons (Fsp3) is 0.167. The largest absolute Gasteiger partial charge is 0.489 e. The summed E-state index contributed by atoms with van der Waals surface area (Å²) < 4.78 is 5.45. The van der Waals surface area contributed by atoms with Gasteiger partial charge in [-0.05, 0) is 37.6 Å². The second-order valence-electron chi connectivity index (χ2n) is 4.90. The van der Waals surface area contributed by atoms with E-state index in [1.807, 2.05) is 50.2 Å². The van der Waals surface area contributed by atoms with Gasteiger partial charge in [0.15, 0.2) is 0 Å². The second kappa shape index (κ2) is 6.75. The number of rotatable bonds is 5. The highest BCUT2D eigenvalue weighted by molar-refractivity contribution is 6.05. The predicted molar refractivity (Wildman–Crippen MR) is 86.0 cm³/mol. The molecule has 2 aromatic carbocycles. The Morgan fingerprint density at radius 3 is 2.76 bits per heavy atom. The van der Waals surface area contributed by atoms with Crippen LogP contribution in [0.25, 0.3) is 0 Å². The minimum atomic E-state index is -0.117. The van der Waals surface area contributed by atoms with Crippen LogP contribution in [0.1, 0.15) is 21.5 Å². The van der Waals surface area contributed by atoms with Crippen molar-refractivity contribution >= 4 is 11.6 Å². The predicted octanol–water partition coefficient (Wildman–Crippen LogP) is 4.12. The molecule has 0 unspecified atom stereocenters. The number of hydrogen-bond acceptors (Lipinski definition) is 2. The Kier molecular flexibility index (Phi) is 4.77. The number of carbonyl (C=O) groups is 1. The first-order valence-corrected chi connectivity index (χ1v) is 6.82. The maximum atomic E-state index is 12.3. The zero-order valence-corrected chi connectivity index (χ0v) is 12.3. The molecule has 3 heteroatoms.